The second-order valence-corrected chi connectivity index (χ2v) is 10.7. The van der Waals surface area contributed by atoms with E-state index >= 15 is 0 Å². The maximum Gasteiger partial charge on any atom is 0.430 e. The molecule has 3 aliphatic heterocycles. The minimum atomic E-state index is -5.19. The third-order valence-corrected chi connectivity index (χ3v) is 7.84. The molecular formula is C32H33F3N2O5. The zero-order chi connectivity index (χ0) is 30.2. The van der Waals surface area contributed by atoms with E-state index in [2.05, 4.69) is 5.32 Å². The molecule has 3 heterocycles. The fourth-order valence-electron chi connectivity index (χ4n) is 5.61. The Morgan fingerprint density at radius 1 is 0.881 bits per heavy atom. The fourth-order valence-corrected chi connectivity index (χ4v) is 5.61. The number of carbonyl (C=O) groups is 3. The number of nitrogens with one attached hydrogen (secondary N) is 1. The van der Waals surface area contributed by atoms with Crippen molar-refractivity contribution < 1.29 is 41.9 Å². The van der Waals surface area contributed by atoms with Crippen molar-refractivity contribution in [3.05, 3.63) is 108 Å². The molecule has 1 unspecified atom stereocenters. The monoisotopic (exact) mass is 582 g/mol. The van der Waals surface area contributed by atoms with Gasteiger partial charge in [-0.2, -0.15) is 13.2 Å². The number of hydrogen-bond acceptors (Lipinski definition) is 6. The first-order chi connectivity index (χ1) is 20.1. The van der Waals surface area contributed by atoms with Gasteiger partial charge in [0.25, 0.3) is 0 Å². The Morgan fingerprint density at radius 2 is 1.40 bits per heavy atom. The second kappa shape index (κ2) is 13.8. The van der Waals surface area contributed by atoms with Gasteiger partial charge in [0.05, 0.1) is 13.1 Å². The molecule has 3 aliphatic rings. The summed E-state index contributed by atoms with van der Waals surface area (Å²) < 4.78 is 38.5. The van der Waals surface area contributed by atoms with Gasteiger partial charge in [-0.25, -0.2) is 4.79 Å². The third kappa shape index (κ3) is 8.27. The maximum atomic E-state index is 13.5. The molecule has 10 heteroatoms. The van der Waals surface area contributed by atoms with E-state index in [9.17, 15) is 22.8 Å². The number of esters is 1. The molecule has 3 fully saturated rings. The van der Waals surface area contributed by atoms with Gasteiger partial charge in [0, 0.05) is 30.9 Å². The number of nitrogens with zero attached hydrogens (tertiary/aromatic N) is 1. The second-order valence-electron chi connectivity index (χ2n) is 10.7. The lowest BCUT2D eigenvalue weighted by Crippen LogP contribution is -2.65. The van der Waals surface area contributed by atoms with Crippen molar-refractivity contribution in [2.75, 3.05) is 26.2 Å². The van der Waals surface area contributed by atoms with Crippen LogP contribution in [0.25, 0.3) is 0 Å². The third-order valence-electron chi connectivity index (χ3n) is 7.84. The van der Waals surface area contributed by atoms with E-state index in [1.807, 2.05) is 91.0 Å². The summed E-state index contributed by atoms with van der Waals surface area (Å²) in [5, 5.41) is 12.2. The number of quaternary nitrogens is 1. The highest BCUT2D eigenvalue weighted by atomic mass is 19.4. The number of alkyl halides is 3. The average molecular weight is 583 g/mol. The number of ether oxygens (including phenoxy) is 1. The van der Waals surface area contributed by atoms with E-state index in [-0.39, 0.29) is 17.9 Å². The summed E-state index contributed by atoms with van der Waals surface area (Å²) >= 11 is 0. The van der Waals surface area contributed by atoms with Gasteiger partial charge >= 0.3 is 12.1 Å². The van der Waals surface area contributed by atoms with Crippen molar-refractivity contribution in [3.63, 3.8) is 0 Å². The normalized spacial score (nSPS) is 21.9. The predicted molar refractivity (Wildman–Crippen MR) is 147 cm³/mol. The quantitative estimate of drug-likeness (QED) is 0.234. The Labute approximate surface area is 242 Å². The molecule has 3 saturated heterocycles. The van der Waals surface area contributed by atoms with Crippen molar-refractivity contribution in [1.29, 1.82) is 0 Å². The van der Waals surface area contributed by atoms with E-state index in [0.29, 0.717) is 19.0 Å². The zero-order valence-electron chi connectivity index (χ0n) is 23.0. The first kappa shape index (κ1) is 30.9. The molecule has 42 heavy (non-hydrogen) atoms. The van der Waals surface area contributed by atoms with Crippen LogP contribution in [0.1, 0.15) is 40.4 Å². The molecule has 2 bridgehead atoms. The first-order valence-corrected chi connectivity index (χ1v) is 13.8. The standard InChI is InChI=1S/C30H33N2O3.C2HF3O2/c33-27(24-12-6-2-7-13-24)21-32-18-16-25(17-19-32)28(22-32)35-30(34)29(26-14-8-3-9-15-26)31-20-23-10-4-1-5-11-23;3-2(4,5)1(6)7/h1-15,25,28-29,31H,16-22H2;(H,6,7)/q+1;/p-1/t25?,28-,29?,32?;/m0./s1. The molecule has 0 radical (unpaired) electrons. The van der Waals surface area contributed by atoms with Gasteiger partial charge in [-0.05, 0) is 11.1 Å². The van der Waals surface area contributed by atoms with E-state index in [1.54, 1.807) is 0 Å². The van der Waals surface area contributed by atoms with Gasteiger partial charge in [0.15, 0.2) is 6.10 Å². The van der Waals surface area contributed by atoms with Crippen molar-refractivity contribution in [2.45, 2.75) is 37.7 Å². The Balaban J connectivity index is 0.000000517. The van der Waals surface area contributed by atoms with Crippen LogP contribution in [0.3, 0.4) is 0 Å². The molecule has 0 aliphatic carbocycles. The van der Waals surface area contributed by atoms with Gasteiger partial charge in [-0.3, -0.25) is 10.1 Å². The van der Waals surface area contributed by atoms with Crippen LogP contribution in [0.4, 0.5) is 13.2 Å². The van der Waals surface area contributed by atoms with Crippen LogP contribution in [0, 0.1) is 5.92 Å². The minimum Gasteiger partial charge on any atom is -0.542 e. The number of piperidine rings is 3. The van der Waals surface area contributed by atoms with Crippen LogP contribution >= 0.6 is 0 Å². The highest BCUT2D eigenvalue weighted by Crippen LogP contribution is 2.36. The van der Waals surface area contributed by atoms with Gasteiger partial charge in [0.2, 0.25) is 5.78 Å². The van der Waals surface area contributed by atoms with Crippen LogP contribution in [0.2, 0.25) is 0 Å². The molecule has 222 valence electrons. The first-order valence-electron chi connectivity index (χ1n) is 13.8. The van der Waals surface area contributed by atoms with Gasteiger partial charge in [0.1, 0.15) is 25.1 Å². The maximum absolute atomic E-state index is 13.5. The Bertz CT molecular complexity index is 1330. The van der Waals surface area contributed by atoms with Gasteiger partial charge in [-0.1, -0.05) is 91.0 Å². The molecule has 0 spiro atoms. The lowest BCUT2D eigenvalue weighted by molar-refractivity contribution is -0.938. The highest BCUT2D eigenvalue weighted by molar-refractivity contribution is 5.97. The predicted octanol–water partition coefficient (Wildman–Crippen LogP) is 3.85. The number of carboxylic acid groups (broad SMARTS) is 1. The number of ketones is 1. The minimum absolute atomic E-state index is 0.154. The lowest BCUT2D eigenvalue weighted by Gasteiger charge is -2.51. The Hall–Kier alpha value is -4.02. The average Bonchev–Trinajstić information content (AvgIpc) is 2.99. The van der Waals surface area contributed by atoms with Crippen LogP contribution in [0.5, 0.6) is 0 Å². The summed E-state index contributed by atoms with van der Waals surface area (Å²) in [6, 6.07) is 28.8. The summed E-state index contributed by atoms with van der Waals surface area (Å²) in [5.41, 5.74) is 2.78. The SMILES string of the molecule is O=C(C[N+]12CCC(CC1)[C@@H](OC(=O)C(NCc1ccccc1)c1ccccc1)C2)c1ccccc1.O=C([O-])C(F)(F)F. The van der Waals surface area contributed by atoms with E-state index in [1.165, 1.54) is 0 Å². The zero-order valence-corrected chi connectivity index (χ0v) is 23.0. The van der Waals surface area contributed by atoms with Crippen molar-refractivity contribution in [2.24, 2.45) is 5.92 Å². The summed E-state index contributed by atoms with van der Waals surface area (Å²) in [4.78, 5) is 35.3. The van der Waals surface area contributed by atoms with Crippen molar-refractivity contribution >= 4 is 17.7 Å². The topological polar surface area (TPSA) is 95.5 Å². The summed E-state index contributed by atoms with van der Waals surface area (Å²) in [6.07, 6.45) is -3.36. The molecule has 7 nitrogen and oxygen atoms in total. The molecule has 3 aromatic rings. The summed E-state index contributed by atoms with van der Waals surface area (Å²) in [5.74, 6) is -2.70. The van der Waals surface area contributed by atoms with Gasteiger partial charge in [-0.15, -0.1) is 0 Å². The Kier molecular flexibility index (Phi) is 10.1. The number of rotatable bonds is 9. The van der Waals surface area contributed by atoms with E-state index in [4.69, 9.17) is 14.6 Å². The molecular weight excluding hydrogens is 549 g/mol. The van der Waals surface area contributed by atoms with Crippen LogP contribution < -0.4 is 10.4 Å². The van der Waals surface area contributed by atoms with Gasteiger partial charge < -0.3 is 19.1 Å². The van der Waals surface area contributed by atoms with E-state index < -0.39 is 18.2 Å². The molecule has 6 rings (SSSR count). The molecule has 0 aromatic heterocycles. The lowest BCUT2D eigenvalue weighted by atomic mass is 9.82. The number of Topliss-reactive ketones (excluding diaryl/α,β-unsaturated/α-hetero) is 1. The van der Waals surface area contributed by atoms with Crippen molar-refractivity contribution in [1.82, 2.24) is 5.32 Å². The number of hydrogen-bond donors (Lipinski definition) is 1. The van der Waals surface area contributed by atoms with Crippen LogP contribution in [0.15, 0.2) is 91.0 Å². The summed E-state index contributed by atoms with van der Waals surface area (Å²) in [6.45, 7) is 3.72. The number of benzene rings is 3. The number of aliphatic carboxylic acids is 1. The molecule has 0 saturated carbocycles. The van der Waals surface area contributed by atoms with Crippen molar-refractivity contribution in [3.8, 4) is 0 Å². The number of carboxylic acids is 1. The summed E-state index contributed by atoms with van der Waals surface area (Å²) in [7, 11) is 0. The van der Waals surface area contributed by atoms with E-state index in [0.717, 1.165) is 53.6 Å². The molecule has 3 aromatic carbocycles. The Morgan fingerprint density at radius 3 is 1.95 bits per heavy atom. The van der Waals surface area contributed by atoms with Crippen LogP contribution in [-0.4, -0.2) is 60.7 Å². The molecule has 1 N–H and O–H groups in total. The number of fused-ring (bicyclic) bond motifs is 3. The van der Waals surface area contributed by atoms with Crippen LogP contribution in [-0.2, 0) is 20.9 Å². The number of carbonyl (C=O) groups excluding carboxylic acids is 3. The molecule has 0 amide bonds. The number of halogens is 3. The smallest absolute Gasteiger partial charge is 0.430 e. The fraction of sp³-hybridized carbons (Fsp3) is 0.344. The largest absolute Gasteiger partial charge is 0.542 e. The molecule has 2 atom stereocenters. The highest BCUT2D eigenvalue weighted by Gasteiger charge is 2.49.